The van der Waals surface area contributed by atoms with Crippen LogP contribution in [-0.4, -0.2) is 27.7 Å². The number of benzene rings is 2. The average Bonchev–Trinajstić information content (AvgIpc) is 3.26. The number of rotatable bonds is 6. The summed E-state index contributed by atoms with van der Waals surface area (Å²) in [5, 5.41) is 14.7. The van der Waals surface area contributed by atoms with E-state index in [0.717, 1.165) is 28.5 Å². The Hall–Kier alpha value is -3.38. The molecule has 6 heteroatoms. The molecule has 0 fully saturated rings. The van der Waals surface area contributed by atoms with Crippen LogP contribution in [0.4, 0.5) is 5.82 Å². The molecule has 0 radical (unpaired) electrons. The summed E-state index contributed by atoms with van der Waals surface area (Å²) in [6.45, 7) is 2.66. The zero-order valence-corrected chi connectivity index (χ0v) is 15.6. The Bertz CT molecular complexity index is 1090. The van der Waals surface area contributed by atoms with Crippen molar-refractivity contribution in [1.82, 2.24) is 9.97 Å². The van der Waals surface area contributed by atoms with Crippen LogP contribution in [0.3, 0.4) is 0 Å². The van der Waals surface area contributed by atoms with Crippen molar-refractivity contribution in [3.63, 3.8) is 0 Å². The first-order chi connectivity index (χ1) is 13.7. The van der Waals surface area contributed by atoms with E-state index in [4.69, 9.17) is 15.1 Å². The lowest BCUT2D eigenvalue weighted by molar-refractivity contribution is 0.477. The zero-order valence-electron chi connectivity index (χ0n) is 15.6. The molecule has 0 unspecified atom stereocenters. The SMILES string of the molecule is CC[C@@H](N)CNc1nc(-c2cc(-c3ccoc3)ccc2O)nc2ccccc12. The molecule has 28 heavy (non-hydrogen) atoms. The Labute approximate surface area is 163 Å². The first-order valence-corrected chi connectivity index (χ1v) is 9.28. The Balaban J connectivity index is 1.81. The third-order valence-corrected chi connectivity index (χ3v) is 4.75. The number of hydrogen-bond donors (Lipinski definition) is 3. The van der Waals surface area contributed by atoms with Crippen LogP contribution in [0.2, 0.25) is 0 Å². The van der Waals surface area contributed by atoms with E-state index >= 15 is 0 Å². The quantitative estimate of drug-likeness (QED) is 0.462. The van der Waals surface area contributed by atoms with Crippen molar-refractivity contribution >= 4 is 16.7 Å². The van der Waals surface area contributed by atoms with Crippen molar-refractivity contribution in [3.8, 4) is 28.3 Å². The lowest BCUT2D eigenvalue weighted by atomic mass is 10.0. The summed E-state index contributed by atoms with van der Waals surface area (Å²) < 4.78 is 5.17. The van der Waals surface area contributed by atoms with Gasteiger partial charge in [0.15, 0.2) is 5.82 Å². The summed E-state index contributed by atoms with van der Waals surface area (Å²) in [4.78, 5) is 9.37. The van der Waals surface area contributed by atoms with Crippen LogP contribution < -0.4 is 11.1 Å². The topological polar surface area (TPSA) is 97.2 Å². The highest BCUT2D eigenvalue weighted by Gasteiger charge is 2.14. The maximum absolute atomic E-state index is 10.5. The second-order valence-corrected chi connectivity index (χ2v) is 6.71. The Kier molecular flexibility index (Phi) is 4.95. The molecule has 0 spiro atoms. The molecule has 0 bridgehead atoms. The van der Waals surface area contributed by atoms with Crippen LogP contribution in [0.1, 0.15) is 13.3 Å². The molecule has 4 N–H and O–H groups in total. The van der Waals surface area contributed by atoms with Crippen LogP contribution in [-0.2, 0) is 0 Å². The molecule has 0 saturated heterocycles. The van der Waals surface area contributed by atoms with E-state index in [0.29, 0.717) is 23.8 Å². The van der Waals surface area contributed by atoms with E-state index in [1.807, 2.05) is 42.5 Å². The molecule has 0 saturated carbocycles. The smallest absolute Gasteiger partial charge is 0.165 e. The number of fused-ring (bicyclic) bond motifs is 1. The number of furan rings is 1. The van der Waals surface area contributed by atoms with Crippen LogP contribution in [0.5, 0.6) is 5.75 Å². The Morgan fingerprint density at radius 3 is 2.75 bits per heavy atom. The summed E-state index contributed by atoms with van der Waals surface area (Å²) in [7, 11) is 0. The number of nitrogens with two attached hydrogens (primary N) is 1. The molecule has 2 aromatic carbocycles. The van der Waals surface area contributed by atoms with Gasteiger partial charge in [-0.25, -0.2) is 9.97 Å². The van der Waals surface area contributed by atoms with Crippen LogP contribution in [0.15, 0.2) is 65.5 Å². The van der Waals surface area contributed by atoms with Gasteiger partial charge in [0.2, 0.25) is 0 Å². The highest BCUT2D eigenvalue weighted by molar-refractivity contribution is 5.91. The minimum Gasteiger partial charge on any atom is -0.507 e. The molecule has 1 atom stereocenters. The van der Waals surface area contributed by atoms with Gasteiger partial charge in [0.25, 0.3) is 0 Å². The van der Waals surface area contributed by atoms with Gasteiger partial charge in [-0.3, -0.25) is 0 Å². The Morgan fingerprint density at radius 1 is 1.11 bits per heavy atom. The number of phenols is 1. The fourth-order valence-electron chi connectivity index (χ4n) is 3.03. The largest absolute Gasteiger partial charge is 0.507 e. The van der Waals surface area contributed by atoms with Gasteiger partial charge in [0, 0.05) is 23.5 Å². The highest BCUT2D eigenvalue weighted by Crippen LogP contribution is 2.34. The van der Waals surface area contributed by atoms with Gasteiger partial charge in [-0.1, -0.05) is 25.1 Å². The predicted molar refractivity (Wildman–Crippen MR) is 111 cm³/mol. The molecule has 2 aromatic heterocycles. The van der Waals surface area contributed by atoms with Gasteiger partial charge >= 0.3 is 0 Å². The van der Waals surface area contributed by atoms with Gasteiger partial charge < -0.3 is 20.6 Å². The summed E-state index contributed by atoms with van der Waals surface area (Å²) in [6, 6.07) is 15.1. The molecule has 0 aliphatic carbocycles. The Morgan fingerprint density at radius 2 is 1.96 bits per heavy atom. The number of aromatic nitrogens is 2. The minimum atomic E-state index is 0.0370. The van der Waals surface area contributed by atoms with Crippen molar-refractivity contribution in [2.75, 3.05) is 11.9 Å². The lowest BCUT2D eigenvalue weighted by Crippen LogP contribution is -2.28. The molecule has 4 aromatic rings. The van der Waals surface area contributed by atoms with Gasteiger partial charge in [-0.2, -0.15) is 0 Å². The number of phenolic OH excluding ortho intramolecular Hbond substituents is 1. The maximum Gasteiger partial charge on any atom is 0.165 e. The zero-order chi connectivity index (χ0) is 19.5. The summed E-state index contributed by atoms with van der Waals surface area (Å²) >= 11 is 0. The van der Waals surface area contributed by atoms with E-state index in [9.17, 15) is 5.11 Å². The summed E-state index contributed by atoms with van der Waals surface area (Å²) in [5.74, 6) is 1.28. The first-order valence-electron chi connectivity index (χ1n) is 9.28. The number of aromatic hydroxyl groups is 1. The second-order valence-electron chi connectivity index (χ2n) is 6.71. The van der Waals surface area contributed by atoms with E-state index < -0.39 is 0 Å². The van der Waals surface area contributed by atoms with E-state index in [1.54, 1.807) is 18.6 Å². The van der Waals surface area contributed by atoms with E-state index in [1.165, 1.54) is 0 Å². The maximum atomic E-state index is 10.5. The number of nitrogens with zero attached hydrogens (tertiary/aromatic N) is 2. The average molecular weight is 374 g/mol. The third kappa shape index (κ3) is 3.54. The standard InChI is InChI=1S/C22H22N4O2/c1-2-16(23)12-24-21-17-5-3-4-6-19(17)25-22(26-21)18-11-14(7-8-20(18)27)15-9-10-28-13-15/h3-11,13,16,27H,2,12,23H2,1H3,(H,24,25,26)/t16-/m1/s1. The fourth-order valence-corrected chi connectivity index (χ4v) is 3.03. The molecule has 0 aliphatic rings. The fraction of sp³-hybridized carbons (Fsp3) is 0.182. The van der Waals surface area contributed by atoms with Crippen molar-refractivity contribution < 1.29 is 9.52 Å². The number of nitrogens with one attached hydrogen (secondary N) is 1. The molecule has 0 aliphatic heterocycles. The molecular formula is C22H22N4O2. The van der Waals surface area contributed by atoms with Gasteiger partial charge in [0.05, 0.1) is 23.6 Å². The van der Waals surface area contributed by atoms with Crippen molar-refractivity contribution in [2.45, 2.75) is 19.4 Å². The minimum absolute atomic E-state index is 0.0370. The van der Waals surface area contributed by atoms with Gasteiger partial charge in [0.1, 0.15) is 11.6 Å². The van der Waals surface area contributed by atoms with Crippen molar-refractivity contribution in [1.29, 1.82) is 0 Å². The second kappa shape index (κ2) is 7.70. The normalized spacial score (nSPS) is 12.2. The molecule has 0 amide bonds. The molecule has 2 heterocycles. The molecule has 142 valence electrons. The molecule has 6 nitrogen and oxygen atoms in total. The molecule has 4 rings (SSSR count). The monoisotopic (exact) mass is 374 g/mol. The van der Waals surface area contributed by atoms with E-state index in [-0.39, 0.29) is 11.8 Å². The van der Waals surface area contributed by atoms with Crippen LogP contribution >= 0.6 is 0 Å². The van der Waals surface area contributed by atoms with Crippen molar-refractivity contribution in [2.24, 2.45) is 5.73 Å². The lowest BCUT2D eigenvalue weighted by Gasteiger charge is -2.14. The number of hydrogen-bond acceptors (Lipinski definition) is 6. The number of para-hydroxylation sites is 1. The van der Waals surface area contributed by atoms with Gasteiger partial charge in [-0.05, 0) is 42.3 Å². The number of anilines is 1. The first kappa shape index (κ1) is 18.0. The highest BCUT2D eigenvalue weighted by atomic mass is 16.3. The van der Waals surface area contributed by atoms with Gasteiger partial charge in [-0.15, -0.1) is 0 Å². The van der Waals surface area contributed by atoms with Crippen LogP contribution in [0.25, 0.3) is 33.4 Å². The van der Waals surface area contributed by atoms with Crippen LogP contribution in [0, 0.1) is 0 Å². The summed E-state index contributed by atoms with van der Waals surface area (Å²) in [6.07, 6.45) is 4.15. The predicted octanol–water partition coefficient (Wildman–Crippen LogP) is 4.41. The van der Waals surface area contributed by atoms with Crippen molar-refractivity contribution in [3.05, 3.63) is 61.1 Å². The summed E-state index contributed by atoms with van der Waals surface area (Å²) in [5.41, 5.74) is 9.26. The van der Waals surface area contributed by atoms with E-state index in [2.05, 4.69) is 17.2 Å². The molecular weight excluding hydrogens is 352 g/mol. The third-order valence-electron chi connectivity index (χ3n) is 4.75.